The van der Waals surface area contributed by atoms with Gasteiger partial charge >= 0.3 is 0 Å². The van der Waals surface area contributed by atoms with Crippen molar-refractivity contribution in [1.82, 2.24) is 20.6 Å². The van der Waals surface area contributed by atoms with E-state index in [1.54, 1.807) is 7.11 Å². The molecule has 1 atom stereocenters. The van der Waals surface area contributed by atoms with Gasteiger partial charge in [0.1, 0.15) is 6.61 Å². The Morgan fingerprint density at radius 3 is 2.86 bits per heavy atom. The van der Waals surface area contributed by atoms with Crippen LogP contribution in [0.5, 0.6) is 0 Å². The molecule has 1 aromatic heterocycles. The van der Waals surface area contributed by atoms with Gasteiger partial charge in [-0.1, -0.05) is 42.2 Å². The van der Waals surface area contributed by atoms with Crippen LogP contribution in [0.3, 0.4) is 0 Å². The van der Waals surface area contributed by atoms with Gasteiger partial charge in [-0.25, -0.2) is 0 Å². The van der Waals surface area contributed by atoms with Crippen molar-refractivity contribution in [2.75, 3.05) is 13.7 Å². The van der Waals surface area contributed by atoms with Gasteiger partial charge in [-0.2, -0.15) is 5.21 Å². The first-order valence-corrected chi connectivity index (χ1v) is 8.84. The van der Waals surface area contributed by atoms with Crippen LogP contribution in [-0.4, -0.2) is 40.2 Å². The number of amides is 1. The molecule has 1 heterocycles. The zero-order valence-electron chi connectivity index (χ0n) is 15.6. The molecule has 7 nitrogen and oxygen atoms in total. The number of nitrogens with two attached hydrogens (primary N) is 1. The first kappa shape index (κ1) is 19.3. The van der Waals surface area contributed by atoms with E-state index in [1.165, 1.54) is 0 Å². The summed E-state index contributed by atoms with van der Waals surface area (Å²) in [5.41, 5.74) is 9.34. The summed E-state index contributed by atoms with van der Waals surface area (Å²) in [6.07, 6.45) is 0.910. The van der Waals surface area contributed by atoms with Crippen LogP contribution in [0.1, 0.15) is 29.0 Å². The van der Waals surface area contributed by atoms with Crippen LogP contribution in [0.15, 0.2) is 48.5 Å². The number of nitrogens with one attached hydrogen (secondary N) is 1. The van der Waals surface area contributed by atoms with Gasteiger partial charge in [-0.05, 0) is 46.9 Å². The Labute approximate surface area is 163 Å². The molecule has 0 fully saturated rings. The molecule has 0 radical (unpaired) electrons. The monoisotopic (exact) mass is 375 g/mol. The van der Waals surface area contributed by atoms with Gasteiger partial charge in [0.25, 0.3) is 0 Å². The Morgan fingerprint density at radius 1 is 1.25 bits per heavy atom. The summed E-state index contributed by atoms with van der Waals surface area (Å²) in [4.78, 5) is 11.7. The zero-order valence-corrected chi connectivity index (χ0v) is 15.6. The lowest BCUT2D eigenvalue weighted by molar-refractivity contribution is -0.118. The lowest BCUT2D eigenvalue weighted by Crippen LogP contribution is -2.17. The number of nitrogens with zero attached hydrogens (tertiary/aromatic N) is 3. The number of benzene rings is 2. The van der Waals surface area contributed by atoms with Crippen molar-refractivity contribution in [1.29, 1.82) is 0 Å². The number of H-pyrrole nitrogens is 1. The van der Waals surface area contributed by atoms with Crippen molar-refractivity contribution in [3.8, 4) is 23.2 Å². The van der Waals surface area contributed by atoms with Crippen LogP contribution in [0, 0.1) is 11.8 Å². The summed E-state index contributed by atoms with van der Waals surface area (Å²) < 4.78 is 4.96. The number of carbonyl (C=O) groups excluding carboxylic acids is 1. The fourth-order valence-electron chi connectivity index (χ4n) is 3.04. The van der Waals surface area contributed by atoms with Crippen molar-refractivity contribution in [3.63, 3.8) is 0 Å². The molecule has 28 heavy (non-hydrogen) atoms. The maximum absolute atomic E-state index is 11.7. The highest BCUT2D eigenvalue weighted by Crippen LogP contribution is 2.27. The number of ether oxygens (including phenoxy) is 1. The molecule has 0 bridgehead atoms. The summed E-state index contributed by atoms with van der Waals surface area (Å²) in [6, 6.07) is 15.7. The minimum absolute atomic E-state index is 0.0634. The summed E-state index contributed by atoms with van der Waals surface area (Å²) in [5, 5.41) is 14.1. The number of methoxy groups -OCH3 is 1. The van der Waals surface area contributed by atoms with Crippen LogP contribution < -0.4 is 5.73 Å². The van der Waals surface area contributed by atoms with Crippen LogP contribution in [0.2, 0.25) is 0 Å². The molecule has 3 N–H and O–H groups in total. The predicted molar refractivity (Wildman–Crippen MR) is 105 cm³/mol. The minimum atomic E-state index is -0.342. The second kappa shape index (κ2) is 9.44. The van der Waals surface area contributed by atoms with Crippen molar-refractivity contribution in [2.24, 2.45) is 5.73 Å². The fraction of sp³-hybridized carbons (Fsp3) is 0.238. The summed E-state index contributed by atoms with van der Waals surface area (Å²) in [5.74, 6) is 6.13. The molecule has 0 saturated heterocycles. The van der Waals surface area contributed by atoms with E-state index in [9.17, 15) is 4.79 Å². The Morgan fingerprint density at radius 2 is 2.11 bits per heavy atom. The fourth-order valence-corrected chi connectivity index (χ4v) is 3.04. The van der Waals surface area contributed by atoms with Gasteiger partial charge in [-0.15, -0.1) is 10.2 Å². The van der Waals surface area contributed by atoms with Gasteiger partial charge in [0.05, 0.1) is 0 Å². The van der Waals surface area contributed by atoms with Crippen molar-refractivity contribution in [3.05, 3.63) is 65.2 Å². The highest BCUT2D eigenvalue weighted by molar-refractivity contribution is 5.75. The second-order valence-electron chi connectivity index (χ2n) is 6.37. The number of aromatic amines is 1. The smallest absolute Gasteiger partial charge is 0.218 e. The second-order valence-corrected chi connectivity index (χ2v) is 6.37. The Hall–Kier alpha value is -3.50. The molecular weight excluding hydrogens is 354 g/mol. The molecular formula is C21H21N5O2. The Bertz CT molecular complexity index is 989. The number of aromatic nitrogens is 4. The van der Waals surface area contributed by atoms with E-state index in [4.69, 9.17) is 10.5 Å². The quantitative estimate of drug-likeness (QED) is 0.615. The highest BCUT2D eigenvalue weighted by Gasteiger charge is 2.17. The standard InChI is InChI=1S/C21H21N5O2/c1-28-10-4-7-15-5-2-6-16(11-15)12-19(14-20(22)27)17-8-3-9-18(13-17)21-23-25-26-24-21/h2-3,5-6,8-9,11,13,19H,10,12,14H2,1H3,(H2,22,27)(H,23,24,25,26). The van der Waals surface area contributed by atoms with E-state index in [0.29, 0.717) is 18.9 Å². The average Bonchev–Trinajstić information content (AvgIpc) is 3.23. The van der Waals surface area contributed by atoms with Gasteiger partial charge in [0, 0.05) is 24.7 Å². The minimum Gasteiger partial charge on any atom is -0.372 e. The highest BCUT2D eigenvalue weighted by atomic mass is 16.5. The summed E-state index contributed by atoms with van der Waals surface area (Å²) in [6.45, 7) is 0.386. The van der Waals surface area contributed by atoms with Crippen LogP contribution >= 0.6 is 0 Å². The van der Waals surface area contributed by atoms with Crippen molar-refractivity contribution < 1.29 is 9.53 Å². The van der Waals surface area contributed by atoms with Crippen LogP contribution in [0.25, 0.3) is 11.4 Å². The van der Waals surface area contributed by atoms with Gasteiger partial charge in [0.2, 0.25) is 11.7 Å². The predicted octanol–water partition coefficient (Wildman–Crippen LogP) is 2.07. The van der Waals surface area contributed by atoms with E-state index in [0.717, 1.165) is 22.3 Å². The maximum atomic E-state index is 11.7. The summed E-state index contributed by atoms with van der Waals surface area (Å²) in [7, 11) is 1.61. The average molecular weight is 375 g/mol. The third kappa shape index (κ3) is 5.25. The van der Waals surface area contributed by atoms with Gasteiger partial charge < -0.3 is 10.5 Å². The molecule has 2 aromatic carbocycles. The lowest BCUT2D eigenvalue weighted by Gasteiger charge is -2.17. The maximum Gasteiger partial charge on any atom is 0.218 e. The van der Waals surface area contributed by atoms with Crippen molar-refractivity contribution in [2.45, 2.75) is 18.8 Å². The number of primary amides is 1. The lowest BCUT2D eigenvalue weighted by atomic mass is 9.88. The van der Waals surface area contributed by atoms with Gasteiger partial charge in [-0.3, -0.25) is 4.79 Å². The topological polar surface area (TPSA) is 107 Å². The largest absolute Gasteiger partial charge is 0.372 e. The third-order valence-corrected chi connectivity index (χ3v) is 4.27. The van der Waals surface area contributed by atoms with E-state index >= 15 is 0 Å². The molecule has 142 valence electrons. The van der Waals surface area contributed by atoms with Crippen LogP contribution in [0.4, 0.5) is 0 Å². The molecule has 3 aromatic rings. The number of tetrazole rings is 1. The molecule has 0 saturated carbocycles. The van der Waals surface area contributed by atoms with E-state index in [2.05, 4.69) is 32.5 Å². The third-order valence-electron chi connectivity index (χ3n) is 4.27. The number of hydrogen-bond acceptors (Lipinski definition) is 5. The Kier molecular flexibility index (Phi) is 6.50. The first-order valence-electron chi connectivity index (χ1n) is 8.84. The molecule has 1 unspecified atom stereocenters. The molecule has 0 aliphatic carbocycles. The Balaban J connectivity index is 1.86. The molecule has 3 rings (SSSR count). The molecule has 1 amide bonds. The number of rotatable bonds is 7. The van der Waals surface area contributed by atoms with E-state index < -0.39 is 0 Å². The van der Waals surface area contributed by atoms with Gasteiger partial charge in [0.15, 0.2) is 0 Å². The number of carbonyl (C=O) groups is 1. The molecule has 0 aliphatic heterocycles. The zero-order chi connectivity index (χ0) is 19.8. The molecule has 7 heteroatoms. The van der Waals surface area contributed by atoms with E-state index in [-0.39, 0.29) is 18.2 Å². The van der Waals surface area contributed by atoms with Crippen molar-refractivity contribution >= 4 is 5.91 Å². The summed E-state index contributed by atoms with van der Waals surface area (Å²) >= 11 is 0. The SMILES string of the molecule is COCC#Cc1cccc(CC(CC(N)=O)c2cccc(-c3nn[nH]n3)c2)c1. The van der Waals surface area contributed by atoms with E-state index in [1.807, 2.05) is 48.5 Å². The normalized spacial score (nSPS) is 11.5. The van der Waals surface area contributed by atoms with Crippen LogP contribution in [-0.2, 0) is 16.0 Å². The first-order chi connectivity index (χ1) is 13.7. The molecule has 0 aliphatic rings. The number of hydrogen-bond donors (Lipinski definition) is 2. The molecule has 0 spiro atoms.